The van der Waals surface area contributed by atoms with Crippen LogP contribution in [0.1, 0.15) is 30.1 Å². The van der Waals surface area contributed by atoms with Crippen molar-refractivity contribution in [3.63, 3.8) is 0 Å². The fraction of sp³-hybridized carbons (Fsp3) is 0.462. The first kappa shape index (κ1) is 8.76. The van der Waals surface area contributed by atoms with Gasteiger partial charge in [0, 0.05) is 42.6 Å². The first-order chi connectivity index (χ1) is 7.95. The molecule has 1 unspecified atom stereocenters. The molecular formula is C13H15N3. The Bertz CT molecular complexity index is 509. The van der Waals surface area contributed by atoms with Crippen molar-refractivity contribution in [3.8, 4) is 0 Å². The molecule has 3 heteroatoms. The van der Waals surface area contributed by atoms with Crippen LogP contribution < -0.4 is 5.32 Å². The molecule has 0 fully saturated rings. The normalized spacial score (nSPS) is 23.4. The largest absolute Gasteiger partial charge is 0.341 e. The fourth-order valence-electron chi connectivity index (χ4n) is 3.36. The summed E-state index contributed by atoms with van der Waals surface area (Å²) < 4.78 is 2.51. The SMILES string of the molecule is c1cc2c(cn1)c1c3n2CCNC3CCC1. The zero-order chi connectivity index (χ0) is 10.5. The molecule has 0 saturated heterocycles. The zero-order valence-electron chi connectivity index (χ0n) is 9.24. The van der Waals surface area contributed by atoms with Crippen molar-refractivity contribution in [2.24, 2.45) is 0 Å². The molecule has 2 aliphatic rings. The van der Waals surface area contributed by atoms with Crippen LogP contribution in [0.3, 0.4) is 0 Å². The Hall–Kier alpha value is -1.35. The number of hydrogen-bond acceptors (Lipinski definition) is 2. The minimum absolute atomic E-state index is 0.588. The molecule has 1 aliphatic heterocycles. The van der Waals surface area contributed by atoms with Crippen molar-refractivity contribution in [1.29, 1.82) is 0 Å². The highest BCUT2D eigenvalue weighted by atomic mass is 15.1. The predicted octanol–water partition coefficient (Wildman–Crippen LogP) is 2.02. The lowest BCUT2D eigenvalue weighted by molar-refractivity contribution is 0.384. The van der Waals surface area contributed by atoms with Crippen molar-refractivity contribution in [2.45, 2.75) is 31.8 Å². The first-order valence-corrected chi connectivity index (χ1v) is 6.13. The highest BCUT2D eigenvalue weighted by Gasteiger charge is 2.29. The van der Waals surface area contributed by atoms with Gasteiger partial charge in [-0.2, -0.15) is 0 Å². The number of nitrogens with one attached hydrogen (secondary N) is 1. The molecule has 0 radical (unpaired) electrons. The molecule has 16 heavy (non-hydrogen) atoms. The minimum Gasteiger partial charge on any atom is -0.341 e. The summed E-state index contributed by atoms with van der Waals surface area (Å²) in [4.78, 5) is 4.28. The van der Waals surface area contributed by atoms with Gasteiger partial charge in [0.2, 0.25) is 0 Å². The number of rotatable bonds is 0. The van der Waals surface area contributed by atoms with Crippen molar-refractivity contribution in [2.75, 3.05) is 6.54 Å². The predicted molar refractivity (Wildman–Crippen MR) is 63.4 cm³/mol. The van der Waals surface area contributed by atoms with Crippen molar-refractivity contribution in [3.05, 3.63) is 29.7 Å². The Balaban J connectivity index is 2.13. The van der Waals surface area contributed by atoms with Crippen LogP contribution in [0.2, 0.25) is 0 Å². The smallest absolute Gasteiger partial charge is 0.0517 e. The lowest BCUT2D eigenvalue weighted by Gasteiger charge is -2.31. The van der Waals surface area contributed by atoms with Gasteiger partial charge >= 0.3 is 0 Å². The van der Waals surface area contributed by atoms with Gasteiger partial charge in [-0.3, -0.25) is 4.98 Å². The molecular weight excluding hydrogens is 198 g/mol. The van der Waals surface area contributed by atoms with E-state index in [1.165, 1.54) is 30.2 Å². The van der Waals surface area contributed by atoms with E-state index in [1.54, 1.807) is 11.3 Å². The van der Waals surface area contributed by atoms with Gasteiger partial charge in [-0.25, -0.2) is 0 Å². The summed E-state index contributed by atoms with van der Waals surface area (Å²) in [5.74, 6) is 0. The fourth-order valence-corrected chi connectivity index (χ4v) is 3.36. The van der Waals surface area contributed by atoms with E-state index in [-0.39, 0.29) is 0 Å². The third-order valence-corrected chi connectivity index (χ3v) is 3.99. The van der Waals surface area contributed by atoms with Gasteiger partial charge in [0.15, 0.2) is 0 Å². The third kappa shape index (κ3) is 0.990. The van der Waals surface area contributed by atoms with Crippen LogP contribution in [0.15, 0.2) is 18.5 Å². The average molecular weight is 213 g/mol. The molecule has 0 amide bonds. The van der Waals surface area contributed by atoms with E-state index in [0.29, 0.717) is 6.04 Å². The highest BCUT2D eigenvalue weighted by molar-refractivity contribution is 5.85. The lowest BCUT2D eigenvalue weighted by Crippen LogP contribution is -2.35. The summed E-state index contributed by atoms with van der Waals surface area (Å²) in [5, 5.41) is 5.02. The van der Waals surface area contributed by atoms with Gasteiger partial charge < -0.3 is 9.88 Å². The summed E-state index contributed by atoms with van der Waals surface area (Å²) in [5.41, 5.74) is 4.47. The third-order valence-electron chi connectivity index (χ3n) is 3.99. The van der Waals surface area contributed by atoms with E-state index in [2.05, 4.69) is 20.9 Å². The first-order valence-electron chi connectivity index (χ1n) is 6.13. The van der Waals surface area contributed by atoms with Crippen LogP contribution >= 0.6 is 0 Å². The number of pyridine rings is 1. The minimum atomic E-state index is 0.588. The van der Waals surface area contributed by atoms with Crippen LogP contribution in [0.25, 0.3) is 10.9 Å². The maximum absolute atomic E-state index is 4.28. The molecule has 3 nitrogen and oxygen atoms in total. The topological polar surface area (TPSA) is 29.9 Å². The Morgan fingerprint density at radius 3 is 3.44 bits per heavy atom. The molecule has 0 saturated carbocycles. The van der Waals surface area contributed by atoms with Gasteiger partial charge in [-0.1, -0.05) is 0 Å². The number of nitrogens with zero attached hydrogens (tertiary/aromatic N) is 2. The second-order valence-electron chi connectivity index (χ2n) is 4.81. The average Bonchev–Trinajstić information content (AvgIpc) is 2.68. The maximum Gasteiger partial charge on any atom is 0.0517 e. The van der Waals surface area contributed by atoms with Crippen LogP contribution in [-0.2, 0) is 13.0 Å². The molecule has 0 aromatic carbocycles. The summed E-state index contributed by atoms with van der Waals surface area (Å²) >= 11 is 0. The van der Waals surface area contributed by atoms with Crippen molar-refractivity contribution in [1.82, 2.24) is 14.9 Å². The summed E-state index contributed by atoms with van der Waals surface area (Å²) in [6, 6.07) is 2.75. The van der Waals surface area contributed by atoms with Crippen molar-refractivity contribution < 1.29 is 0 Å². The molecule has 1 N–H and O–H groups in total. The molecule has 2 aromatic heterocycles. The Kier molecular flexibility index (Phi) is 1.68. The van der Waals surface area contributed by atoms with Gasteiger partial charge in [0.05, 0.1) is 5.52 Å². The van der Waals surface area contributed by atoms with Crippen LogP contribution in [-0.4, -0.2) is 16.1 Å². The molecule has 0 bridgehead atoms. The molecule has 3 heterocycles. The quantitative estimate of drug-likeness (QED) is 0.725. The number of fused-ring (bicyclic) bond motifs is 3. The number of aryl methyl sites for hydroxylation is 1. The monoisotopic (exact) mass is 213 g/mol. The second kappa shape index (κ2) is 3.08. The number of hydrogen-bond donors (Lipinski definition) is 1. The Morgan fingerprint density at radius 1 is 1.44 bits per heavy atom. The summed E-state index contributed by atoms with van der Waals surface area (Å²) in [6.07, 6.45) is 7.77. The van der Waals surface area contributed by atoms with Crippen LogP contribution in [0.5, 0.6) is 0 Å². The van der Waals surface area contributed by atoms with E-state index < -0.39 is 0 Å². The summed E-state index contributed by atoms with van der Waals surface area (Å²) in [6.45, 7) is 2.20. The molecule has 0 spiro atoms. The zero-order valence-corrected chi connectivity index (χ0v) is 9.24. The Morgan fingerprint density at radius 2 is 2.44 bits per heavy atom. The molecule has 1 aliphatic carbocycles. The second-order valence-corrected chi connectivity index (χ2v) is 4.81. The standard InChI is InChI=1S/C13H15N3/c1-2-9-10-8-14-5-4-12(10)16-7-6-15-11(3-1)13(9)16/h4-5,8,11,15H,1-3,6-7H2. The van der Waals surface area contributed by atoms with Crippen molar-refractivity contribution >= 4 is 10.9 Å². The van der Waals surface area contributed by atoms with Gasteiger partial charge in [-0.15, -0.1) is 0 Å². The van der Waals surface area contributed by atoms with Gasteiger partial charge in [0.25, 0.3) is 0 Å². The van der Waals surface area contributed by atoms with E-state index >= 15 is 0 Å². The maximum atomic E-state index is 4.28. The molecule has 82 valence electrons. The highest BCUT2D eigenvalue weighted by Crippen LogP contribution is 2.38. The molecule has 2 aromatic rings. The Labute approximate surface area is 94.5 Å². The van der Waals surface area contributed by atoms with E-state index in [9.17, 15) is 0 Å². The molecule has 4 rings (SSSR count). The van der Waals surface area contributed by atoms with E-state index in [0.717, 1.165) is 13.1 Å². The van der Waals surface area contributed by atoms with Gasteiger partial charge in [-0.05, 0) is 30.9 Å². The molecule has 1 atom stereocenters. The lowest BCUT2D eigenvalue weighted by atomic mass is 9.91. The number of aromatic nitrogens is 2. The van der Waals surface area contributed by atoms with E-state index in [4.69, 9.17) is 0 Å². The van der Waals surface area contributed by atoms with Crippen LogP contribution in [0.4, 0.5) is 0 Å². The van der Waals surface area contributed by atoms with Gasteiger partial charge in [0.1, 0.15) is 0 Å². The van der Waals surface area contributed by atoms with Crippen LogP contribution in [0, 0.1) is 0 Å². The van der Waals surface area contributed by atoms with E-state index in [1.807, 2.05) is 12.4 Å². The summed E-state index contributed by atoms with van der Waals surface area (Å²) in [7, 11) is 0.